The van der Waals surface area contributed by atoms with E-state index < -0.39 is 6.04 Å². The van der Waals surface area contributed by atoms with Crippen LogP contribution in [0.5, 0.6) is 0 Å². The van der Waals surface area contributed by atoms with E-state index >= 15 is 0 Å². The molecule has 0 unspecified atom stereocenters. The number of rotatable bonds is 5. The lowest BCUT2D eigenvalue weighted by atomic mass is 10.0. The number of carbonyl (C=O) groups is 2. The van der Waals surface area contributed by atoms with Crippen LogP contribution in [0.4, 0.5) is 5.82 Å². The molecule has 0 bridgehead atoms. The highest BCUT2D eigenvalue weighted by molar-refractivity contribution is 5.89. The van der Waals surface area contributed by atoms with Gasteiger partial charge in [0.1, 0.15) is 5.82 Å². The average molecular weight is 444 g/mol. The molecule has 7 nitrogen and oxygen atoms in total. The Morgan fingerprint density at radius 1 is 0.939 bits per heavy atom. The van der Waals surface area contributed by atoms with Gasteiger partial charge < -0.3 is 15.1 Å². The van der Waals surface area contributed by atoms with Crippen molar-refractivity contribution in [2.24, 2.45) is 0 Å². The zero-order chi connectivity index (χ0) is 22.6. The lowest BCUT2D eigenvalue weighted by Crippen LogP contribution is -2.57. The van der Waals surface area contributed by atoms with E-state index in [0.717, 1.165) is 25.5 Å². The zero-order valence-electron chi connectivity index (χ0n) is 18.7. The summed E-state index contributed by atoms with van der Waals surface area (Å²) in [7, 11) is 0. The number of amides is 2. The Morgan fingerprint density at radius 3 is 2.55 bits per heavy atom. The number of aromatic nitrogens is 1. The topological polar surface area (TPSA) is 68.8 Å². The fourth-order valence-electron chi connectivity index (χ4n) is 4.84. The van der Waals surface area contributed by atoms with Crippen LogP contribution >= 0.6 is 0 Å². The van der Waals surface area contributed by atoms with E-state index in [9.17, 15) is 9.59 Å². The fraction of sp³-hybridized carbons (Fsp3) is 0.346. The lowest BCUT2D eigenvalue weighted by Gasteiger charge is -2.38. The van der Waals surface area contributed by atoms with Gasteiger partial charge in [0.25, 0.3) is 0 Å². The summed E-state index contributed by atoms with van der Waals surface area (Å²) < 4.78 is 0. The van der Waals surface area contributed by atoms with Crippen molar-refractivity contribution in [3.8, 4) is 0 Å². The number of hydrogen-bond acceptors (Lipinski definition) is 5. The monoisotopic (exact) mass is 443 g/mol. The summed E-state index contributed by atoms with van der Waals surface area (Å²) in [6.45, 7) is 4.79. The largest absolute Gasteiger partial charge is 0.353 e. The third kappa shape index (κ3) is 4.68. The maximum atomic E-state index is 13.2. The highest BCUT2D eigenvalue weighted by atomic mass is 16.2. The van der Waals surface area contributed by atoms with Gasteiger partial charge in [-0.3, -0.25) is 14.5 Å². The Balaban J connectivity index is 1.25. The van der Waals surface area contributed by atoms with Crippen molar-refractivity contribution in [1.82, 2.24) is 20.1 Å². The highest BCUT2D eigenvalue weighted by Crippen LogP contribution is 2.23. The minimum absolute atomic E-state index is 0.0423. The molecule has 2 aliphatic rings. The molecule has 0 saturated carbocycles. The van der Waals surface area contributed by atoms with Crippen molar-refractivity contribution < 1.29 is 9.59 Å². The third-order valence-corrected chi connectivity index (χ3v) is 6.67. The Kier molecular flexibility index (Phi) is 6.21. The van der Waals surface area contributed by atoms with Gasteiger partial charge in [-0.2, -0.15) is 0 Å². The second kappa shape index (κ2) is 9.58. The van der Waals surface area contributed by atoms with E-state index in [0.29, 0.717) is 26.2 Å². The van der Waals surface area contributed by atoms with Gasteiger partial charge in [-0.1, -0.05) is 48.5 Å². The number of nitrogens with one attached hydrogen (secondary N) is 1. The third-order valence-electron chi connectivity index (χ3n) is 6.67. The second-order valence-electron chi connectivity index (χ2n) is 8.68. The predicted molar refractivity (Wildman–Crippen MR) is 129 cm³/mol. The molecule has 2 saturated heterocycles. The molecule has 2 fully saturated rings. The predicted octanol–water partition coefficient (Wildman–Crippen LogP) is 2.27. The summed E-state index contributed by atoms with van der Waals surface area (Å²) in [5.41, 5.74) is 1.18. The van der Waals surface area contributed by atoms with Crippen LogP contribution in [-0.2, 0) is 16.1 Å². The van der Waals surface area contributed by atoms with Crippen LogP contribution in [0.25, 0.3) is 10.8 Å². The second-order valence-corrected chi connectivity index (χ2v) is 8.68. The Labute approximate surface area is 194 Å². The first-order valence-electron chi connectivity index (χ1n) is 11.6. The molecule has 0 aliphatic carbocycles. The molecule has 2 aromatic carbocycles. The van der Waals surface area contributed by atoms with Gasteiger partial charge in [0, 0.05) is 52.0 Å². The fourth-order valence-corrected chi connectivity index (χ4v) is 4.84. The maximum absolute atomic E-state index is 13.2. The molecule has 33 heavy (non-hydrogen) atoms. The number of nitrogens with zero attached hydrogens (tertiary/aromatic N) is 4. The van der Waals surface area contributed by atoms with Gasteiger partial charge in [0.15, 0.2) is 0 Å². The van der Waals surface area contributed by atoms with E-state index in [2.05, 4.69) is 50.4 Å². The molecule has 170 valence electrons. The quantitative estimate of drug-likeness (QED) is 0.655. The van der Waals surface area contributed by atoms with Gasteiger partial charge in [0.2, 0.25) is 11.8 Å². The van der Waals surface area contributed by atoms with Crippen molar-refractivity contribution in [2.75, 3.05) is 44.2 Å². The van der Waals surface area contributed by atoms with E-state index in [1.165, 1.54) is 16.3 Å². The standard InChI is InChI=1S/C26H29N5O2/c32-25(30-16-14-29(15-17-30)24-10-3-4-11-27-24)18-23-26(33)28-12-13-31(23)19-21-8-5-7-20-6-1-2-9-22(20)21/h1-11,23H,12-19H2,(H,28,33)/t23-/m0/s1. The molecule has 0 spiro atoms. The smallest absolute Gasteiger partial charge is 0.237 e. The van der Waals surface area contributed by atoms with Crippen LogP contribution < -0.4 is 10.2 Å². The number of pyridine rings is 1. The SMILES string of the molecule is O=C1NCCN(Cc2cccc3ccccc23)[C@H]1CC(=O)N1CCN(c2ccccn2)CC1. The summed E-state index contributed by atoms with van der Waals surface area (Å²) in [6, 6.07) is 20.0. The Hall–Kier alpha value is -3.45. The van der Waals surface area contributed by atoms with Crippen LogP contribution in [0.15, 0.2) is 66.9 Å². The van der Waals surface area contributed by atoms with Crippen molar-refractivity contribution in [3.05, 3.63) is 72.4 Å². The average Bonchev–Trinajstić information content (AvgIpc) is 2.87. The zero-order valence-corrected chi connectivity index (χ0v) is 18.7. The van der Waals surface area contributed by atoms with Gasteiger partial charge >= 0.3 is 0 Å². The molecule has 1 N–H and O–H groups in total. The van der Waals surface area contributed by atoms with Crippen LogP contribution in [-0.4, -0.2) is 71.9 Å². The van der Waals surface area contributed by atoms with Crippen LogP contribution in [0, 0.1) is 0 Å². The summed E-state index contributed by atoms with van der Waals surface area (Å²) >= 11 is 0. The van der Waals surface area contributed by atoms with Crippen molar-refractivity contribution in [3.63, 3.8) is 0 Å². The van der Waals surface area contributed by atoms with Crippen molar-refractivity contribution >= 4 is 28.4 Å². The van der Waals surface area contributed by atoms with E-state index in [-0.39, 0.29) is 18.2 Å². The van der Waals surface area contributed by atoms with E-state index in [1.807, 2.05) is 35.2 Å². The van der Waals surface area contributed by atoms with Gasteiger partial charge in [-0.05, 0) is 28.5 Å². The minimum Gasteiger partial charge on any atom is -0.353 e. The van der Waals surface area contributed by atoms with E-state index in [1.54, 1.807) is 6.20 Å². The molecule has 0 radical (unpaired) electrons. The molecule has 1 atom stereocenters. The Bertz CT molecular complexity index is 1120. The van der Waals surface area contributed by atoms with Gasteiger partial charge in [-0.25, -0.2) is 4.98 Å². The summed E-state index contributed by atoms with van der Waals surface area (Å²) in [5.74, 6) is 0.931. The van der Waals surface area contributed by atoms with Crippen molar-refractivity contribution in [1.29, 1.82) is 0 Å². The molecule has 3 aromatic rings. The highest BCUT2D eigenvalue weighted by Gasteiger charge is 2.34. The van der Waals surface area contributed by atoms with Crippen LogP contribution in [0.1, 0.15) is 12.0 Å². The molecular weight excluding hydrogens is 414 g/mol. The van der Waals surface area contributed by atoms with Crippen molar-refractivity contribution in [2.45, 2.75) is 19.0 Å². The number of benzene rings is 2. The minimum atomic E-state index is -0.445. The molecule has 5 rings (SSSR count). The number of hydrogen-bond donors (Lipinski definition) is 1. The number of piperazine rings is 2. The first kappa shape index (κ1) is 21.4. The first-order chi connectivity index (χ1) is 16.2. The first-order valence-corrected chi connectivity index (χ1v) is 11.6. The molecule has 3 heterocycles. The molecule has 7 heteroatoms. The van der Waals surface area contributed by atoms with Crippen LogP contribution in [0.3, 0.4) is 0 Å². The lowest BCUT2D eigenvalue weighted by molar-refractivity contribution is -0.139. The summed E-state index contributed by atoms with van der Waals surface area (Å²) in [5, 5.41) is 5.34. The number of carbonyl (C=O) groups excluding carboxylic acids is 2. The maximum Gasteiger partial charge on any atom is 0.237 e. The molecule has 2 amide bonds. The summed E-state index contributed by atoms with van der Waals surface area (Å²) in [4.78, 5) is 36.6. The van der Waals surface area contributed by atoms with Gasteiger partial charge in [-0.15, -0.1) is 0 Å². The normalized spacial score (nSPS) is 19.5. The summed E-state index contributed by atoms with van der Waals surface area (Å²) in [6.07, 6.45) is 2.00. The number of fused-ring (bicyclic) bond motifs is 1. The molecular formula is C26H29N5O2. The number of anilines is 1. The Morgan fingerprint density at radius 2 is 1.73 bits per heavy atom. The molecule has 2 aliphatic heterocycles. The van der Waals surface area contributed by atoms with Gasteiger partial charge in [0.05, 0.1) is 12.5 Å². The molecule has 1 aromatic heterocycles. The van der Waals surface area contributed by atoms with Crippen LogP contribution in [0.2, 0.25) is 0 Å². The van der Waals surface area contributed by atoms with E-state index in [4.69, 9.17) is 0 Å².